The van der Waals surface area contributed by atoms with E-state index in [1.165, 1.54) is 7.11 Å². The second-order valence-electron chi connectivity index (χ2n) is 6.23. The summed E-state index contributed by atoms with van der Waals surface area (Å²) in [6, 6.07) is 3.67. The maximum absolute atomic E-state index is 12.7. The van der Waals surface area contributed by atoms with Crippen LogP contribution in [0.15, 0.2) is 18.3 Å². The van der Waals surface area contributed by atoms with Gasteiger partial charge in [-0.15, -0.1) is 0 Å². The number of carbonyl (C=O) groups excluding carboxylic acids is 2. The van der Waals surface area contributed by atoms with Gasteiger partial charge in [-0.1, -0.05) is 11.6 Å². The van der Waals surface area contributed by atoms with E-state index in [0.717, 1.165) is 31.7 Å². The second-order valence-corrected chi connectivity index (χ2v) is 6.67. The maximum Gasteiger partial charge on any atom is 0.325 e. The van der Waals surface area contributed by atoms with E-state index in [4.69, 9.17) is 16.3 Å². The summed E-state index contributed by atoms with van der Waals surface area (Å²) in [5.41, 5.74) is 0. The maximum atomic E-state index is 12.7. The zero-order valence-electron chi connectivity index (χ0n) is 14.4. The number of anilines is 1. The molecule has 0 N–H and O–H groups in total. The second kappa shape index (κ2) is 8.33. The third kappa shape index (κ3) is 4.60. The summed E-state index contributed by atoms with van der Waals surface area (Å²) in [5.74, 6) is 0.445. The minimum atomic E-state index is -0.389. The van der Waals surface area contributed by atoms with E-state index in [1.807, 2.05) is 26.0 Å². The van der Waals surface area contributed by atoms with Crippen molar-refractivity contribution < 1.29 is 14.3 Å². The van der Waals surface area contributed by atoms with Gasteiger partial charge in [0.15, 0.2) is 0 Å². The molecule has 7 heteroatoms. The lowest BCUT2D eigenvalue weighted by atomic mass is 9.94. The molecule has 0 unspecified atom stereocenters. The third-order valence-electron chi connectivity index (χ3n) is 4.31. The van der Waals surface area contributed by atoms with E-state index in [9.17, 15) is 9.59 Å². The van der Waals surface area contributed by atoms with E-state index in [0.29, 0.717) is 5.02 Å². The first-order valence-corrected chi connectivity index (χ1v) is 8.54. The van der Waals surface area contributed by atoms with Gasteiger partial charge in [0.2, 0.25) is 5.91 Å². The van der Waals surface area contributed by atoms with Crippen molar-refractivity contribution in [2.24, 2.45) is 5.92 Å². The topological polar surface area (TPSA) is 62.7 Å². The van der Waals surface area contributed by atoms with Crippen molar-refractivity contribution in [3.8, 4) is 0 Å². The lowest BCUT2D eigenvalue weighted by molar-refractivity contribution is -0.150. The zero-order chi connectivity index (χ0) is 17.7. The van der Waals surface area contributed by atoms with Crippen LogP contribution in [0.5, 0.6) is 0 Å². The molecular formula is C17H24ClN3O3. The summed E-state index contributed by atoms with van der Waals surface area (Å²) in [5, 5.41) is 0.610. The number of carbonyl (C=O) groups is 2. The highest BCUT2D eigenvalue weighted by molar-refractivity contribution is 6.30. The van der Waals surface area contributed by atoms with Gasteiger partial charge in [0.05, 0.1) is 12.1 Å². The van der Waals surface area contributed by atoms with Crippen molar-refractivity contribution >= 4 is 29.3 Å². The average Bonchev–Trinajstić information content (AvgIpc) is 2.59. The molecule has 24 heavy (non-hydrogen) atoms. The van der Waals surface area contributed by atoms with E-state index in [-0.39, 0.29) is 30.4 Å². The summed E-state index contributed by atoms with van der Waals surface area (Å²) >= 11 is 5.86. The van der Waals surface area contributed by atoms with E-state index < -0.39 is 0 Å². The number of methoxy groups -OCH3 is 1. The van der Waals surface area contributed by atoms with Crippen molar-refractivity contribution in [1.29, 1.82) is 0 Å². The molecule has 1 amide bonds. The quantitative estimate of drug-likeness (QED) is 0.760. The monoisotopic (exact) mass is 353 g/mol. The first-order chi connectivity index (χ1) is 11.4. The van der Waals surface area contributed by atoms with Crippen LogP contribution in [0.3, 0.4) is 0 Å². The van der Waals surface area contributed by atoms with Gasteiger partial charge in [-0.25, -0.2) is 4.98 Å². The first kappa shape index (κ1) is 18.5. The highest BCUT2D eigenvalue weighted by atomic mass is 35.5. The molecule has 1 fully saturated rings. The van der Waals surface area contributed by atoms with Crippen LogP contribution in [-0.4, -0.2) is 54.5 Å². The fourth-order valence-corrected chi connectivity index (χ4v) is 2.98. The fraction of sp³-hybridized carbons (Fsp3) is 0.588. The van der Waals surface area contributed by atoms with Crippen molar-refractivity contribution in [2.75, 3.05) is 31.6 Å². The number of ether oxygens (including phenoxy) is 1. The molecule has 0 aliphatic carbocycles. The number of hydrogen-bond acceptors (Lipinski definition) is 5. The Bertz CT molecular complexity index is 569. The van der Waals surface area contributed by atoms with Gasteiger partial charge in [0, 0.05) is 31.2 Å². The lowest BCUT2D eigenvalue weighted by Gasteiger charge is -2.35. The highest BCUT2D eigenvalue weighted by Gasteiger charge is 2.31. The molecule has 0 atom stereocenters. The van der Waals surface area contributed by atoms with Crippen molar-refractivity contribution in [3.63, 3.8) is 0 Å². The largest absolute Gasteiger partial charge is 0.468 e. The number of pyridine rings is 1. The smallest absolute Gasteiger partial charge is 0.325 e. The number of piperidine rings is 1. The molecule has 0 saturated carbocycles. The van der Waals surface area contributed by atoms with Crippen LogP contribution < -0.4 is 4.90 Å². The van der Waals surface area contributed by atoms with Gasteiger partial charge in [-0.05, 0) is 38.8 Å². The fourth-order valence-electron chi connectivity index (χ4n) is 2.86. The van der Waals surface area contributed by atoms with Gasteiger partial charge in [0.1, 0.15) is 12.4 Å². The van der Waals surface area contributed by atoms with Gasteiger partial charge < -0.3 is 14.5 Å². The van der Waals surface area contributed by atoms with Crippen LogP contribution in [0.25, 0.3) is 0 Å². The summed E-state index contributed by atoms with van der Waals surface area (Å²) < 4.78 is 4.69. The molecule has 1 aromatic rings. The number of rotatable bonds is 5. The summed E-state index contributed by atoms with van der Waals surface area (Å²) in [4.78, 5) is 32.4. The van der Waals surface area contributed by atoms with Crippen LogP contribution in [-0.2, 0) is 14.3 Å². The molecular weight excluding hydrogens is 330 g/mol. The molecule has 6 nitrogen and oxygen atoms in total. The Morgan fingerprint density at radius 3 is 2.54 bits per heavy atom. The molecule has 2 rings (SSSR count). The van der Waals surface area contributed by atoms with Crippen LogP contribution in [0.1, 0.15) is 26.7 Å². The van der Waals surface area contributed by atoms with Gasteiger partial charge in [-0.2, -0.15) is 0 Å². The number of halogens is 1. The molecule has 2 heterocycles. The van der Waals surface area contributed by atoms with Crippen LogP contribution in [0.2, 0.25) is 5.02 Å². The van der Waals surface area contributed by atoms with Gasteiger partial charge in [-0.3, -0.25) is 9.59 Å². The molecule has 0 aromatic carbocycles. The molecule has 1 aliphatic heterocycles. The molecule has 132 valence electrons. The van der Waals surface area contributed by atoms with E-state index in [2.05, 4.69) is 9.88 Å². The summed E-state index contributed by atoms with van der Waals surface area (Å²) in [7, 11) is 1.34. The van der Waals surface area contributed by atoms with Gasteiger partial charge in [0.25, 0.3) is 0 Å². The molecule has 1 aliphatic rings. The Hall–Kier alpha value is -1.82. The molecule has 0 radical (unpaired) electrons. The van der Waals surface area contributed by atoms with Crippen LogP contribution in [0, 0.1) is 5.92 Å². The average molecular weight is 354 g/mol. The Labute approximate surface area is 147 Å². The summed E-state index contributed by atoms with van der Waals surface area (Å²) in [6.45, 7) is 5.34. The number of amides is 1. The number of hydrogen-bond donors (Lipinski definition) is 0. The normalized spacial score (nSPS) is 15.5. The standard InChI is InChI=1S/C17H24ClN3O3/c1-12(2)21(11-16(22)24-3)17(23)13-6-8-20(9-7-13)15-5-4-14(18)10-19-15/h4-5,10,12-13H,6-9,11H2,1-3H3. The Morgan fingerprint density at radius 2 is 2.04 bits per heavy atom. The number of nitrogens with zero attached hydrogens (tertiary/aromatic N) is 3. The predicted octanol–water partition coefficient (Wildman–Crippen LogP) is 2.36. The molecule has 0 spiro atoms. The van der Waals surface area contributed by atoms with E-state index in [1.54, 1.807) is 11.1 Å². The Morgan fingerprint density at radius 1 is 1.38 bits per heavy atom. The van der Waals surface area contributed by atoms with Crippen LogP contribution in [0.4, 0.5) is 5.82 Å². The third-order valence-corrected chi connectivity index (χ3v) is 4.54. The first-order valence-electron chi connectivity index (χ1n) is 8.16. The van der Waals surface area contributed by atoms with E-state index >= 15 is 0 Å². The lowest BCUT2D eigenvalue weighted by Crippen LogP contribution is -2.47. The molecule has 1 aromatic heterocycles. The van der Waals surface area contributed by atoms with Crippen LogP contribution >= 0.6 is 11.6 Å². The van der Waals surface area contributed by atoms with Crippen molar-refractivity contribution in [1.82, 2.24) is 9.88 Å². The Kier molecular flexibility index (Phi) is 6.43. The minimum absolute atomic E-state index is 0.00591. The Balaban J connectivity index is 1.95. The minimum Gasteiger partial charge on any atom is -0.468 e. The summed E-state index contributed by atoms with van der Waals surface area (Å²) in [6.07, 6.45) is 3.12. The zero-order valence-corrected chi connectivity index (χ0v) is 15.1. The SMILES string of the molecule is COC(=O)CN(C(=O)C1CCN(c2ccc(Cl)cn2)CC1)C(C)C. The molecule has 0 bridgehead atoms. The van der Waals surface area contributed by atoms with Crippen molar-refractivity contribution in [3.05, 3.63) is 23.4 Å². The predicted molar refractivity (Wildman–Crippen MR) is 93.0 cm³/mol. The van der Waals surface area contributed by atoms with Crippen molar-refractivity contribution in [2.45, 2.75) is 32.7 Å². The number of esters is 1. The number of aromatic nitrogens is 1. The highest BCUT2D eigenvalue weighted by Crippen LogP contribution is 2.24. The van der Waals surface area contributed by atoms with Gasteiger partial charge >= 0.3 is 5.97 Å². The molecule has 1 saturated heterocycles.